The molecule has 1 N–H and O–H groups in total. The van der Waals surface area contributed by atoms with E-state index in [0.29, 0.717) is 5.13 Å². The molecule has 112 valence electrons. The van der Waals surface area contributed by atoms with E-state index in [1.807, 2.05) is 6.92 Å². The van der Waals surface area contributed by atoms with E-state index in [0.717, 1.165) is 12.1 Å². The smallest absolute Gasteiger partial charge is 0.337 e. The third kappa shape index (κ3) is 3.59. The minimum atomic E-state index is -3.78. The Hall–Kier alpha value is -1.93. The van der Waals surface area contributed by atoms with Crippen LogP contribution in [0.2, 0.25) is 0 Å². The van der Waals surface area contributed by atoms with E-state index in [-0.39, 0.29) is 10.5 Å². The van der Waals surface area contributed by atoms with Crippen LogP contribution in [0.25, 0.3) is 0 Å². The first-order valence-electron chi connectivity index (χ1n) is 6.12. The highest BCUT2D eigenvalue weighted by Crippen LogP contribution is 2.21. The van der Waals surface area contributed by atoms with E-state index in [4.69, 9.17) is 0 Å². The molecule has 21 heavy (non-hydrogen) atoms. The zero-order valence-corrected chi connectivity index (χ0v) is 13.1. The molecule has 0 aliphatic carbocycles. The van der Waals surface area contributed by atoms with Crippen molar-refractivity contribution in [1.82, 2.24) is 4.98 Å². The molecule has 0 radical (unpaired) electrons. The van der Waals surface area contributed by atoms with Crippen LogP contribution >= 0.6 is 11.3 Å². The highest BCUT2D eigenvalue weighted by Gasteiger charge is 2.18. The van der Waals surface area contributed by atoms with Gasteiger partial charge in [0.15, 0.2) is 5.13 Å². The maximum atomic E-state index is 12.3. The molecule has 0 aliphatic heterocycles. The van der Waals surface area contributed by atoms with E-state index >= 15 is 0 Å². The molecule has 6 nitrogen and oxygen atoms in total. The molecule has 0 aliphatic rings. The Kier molecular flexibility index (Phi) is 4.59. The molecule has 2 aromatic rings. The highest BCUT2D eigenvalue weighted by molar-refractivity contribution is 7.93. The second kappa shape index (κ2) is 6.23. The molecule has 1 aromatic carbocycles. The number of methoxy groups -OCH3 is 1. The number of carbonyl (C=O) groups is 1. The first-order chi connectivity index (χ1) is 9.96. The zero-order chi connectivity index (χ0) is 15.5. The van der Waals surface area contributed by atoms with Crippen molar-refractivity contribution in [3.05, 3.63) is 40.9 Å². The first kappa shape index (κ1) is 15.5. The van der Waals surface area contributed by atoms with Crippen LogP contribution < -0.4 is 4.72 Å². The van der Waals surface area contributed by atoms with Crippen molar-refractivity contribution in [3.8, 4) is 0 Å². The monoisotopic (exact) mass is 326 g/mol. The van der Waals surface area contributed by atoms with Crippen molar-refractivity contribution in [2.75, 3.05) is 11.8 Å². The van der Waals surface area contributed by atoms with Gasteiger partial charge in [-0.15, -0.1) is 11.3 Å². The summed E-state index contributed by atoms with van der Waals surface area (Å²) in [5.74, 6) is -0.588. The largest absolute Gasteiger partial charge is 0.465 e. The van der Waals surface area contributed by atoms with Crippen molar-refractivity contribution in [1.29, 1.82) is 0 Å². The van der Waals surface area contributed by atoms with Gasteiger partial charge in [-0.05, 0) is 24.6 Å². The molecule has 0 saturated heterocycles. The van der Waals surface area contributed by atoms with Crippen molar-refractivity contribution in [3.63, 3.8) is 0 Å². The number of hydrogen-bond donors (Lipinski definition) is 1. The third-order valence-electron chi connectivity index (χ3n) is 2.70. The summed E-state index contributed by atoms with van der Waals surface area (Å²) in [6, 6.07) is 5.65. The van der Waals surface area contributed by atoms with Crippen LogP contribution in [0.5, 0.6) is 0 Å². The van der Waals surface area contributed by atoms with Gasteiger partial charge in [0.05, 0.1) is 23.3 Å². The van der Waals surface area contributed by atoms with Gasteiger partial charge in [-0.3, -0.25) is 4.72 Å². The molecular weight excluding hydrogens is 312 g/mol. The molecule has 0 spiro atoms. The Morgan fingerprint density at radius 2 is 2.19 bits per heavy atom. The minimum Gasteiger partial charge on any atom is -0.465 e. The Labute approximate surface area is 126 Å². The van der Waals surface area contributed by atoms with Crippen molar-refractivity contribution in [2.24, 2.45) is 0 Å². The van der Waals surface area contributed by atoms with Crippen LogP contribution in [0.4, 0.5) is 5.13 Å². The number of sulfonamides is 1. The molecule has 0 unspecified atom stereocenters. The van der Waals surface area contributed by atoms with E-state index < -0.39 is 16.0 Å². The van der Waals surface area contributed by atoms with Gasteiger partial charge in [0.25, 0.3) is 10.0 Å². The zero-order valence-electron chi connectivity index (χ0n) is 11.5. The molecule has 1 aromatic heterocycles. The molecule has 2 rings (SSSR count). The number of nitrogens with one attached hydrogen (secondary N) is 1. The van der Waals surface area contributed by atoms with Crippen LogP contribution in [-0.4, -0.2) is 26.5 Å². The van der Waals surface area contributed by atoms with Crippen LogP contribution in [0.3, 0.4) is 0 Å². The first-order valence-corrected chi connectivity index (χ1v) is 8.48. The quantitative estimate of drug-likeness (QED) is 0.852. The molecule has 0 fully saturated rings. The molecular formula is C13H14N2O4S2. The number of nitrogens with zero attached hydrogens (tertiary/aromatic N) is 1. The van der Waals surface area contributed by atoms with E-state index in [1.165, 1.54) is 42.7 Å². The SMILES string of the molecule is CCc1csc(NS(=O)(=O)c2cccc(C(=O)OC)c2)n1. The van der Waals surface area contributed by atoms with Crippen LogP contribution in [-0.2, 0) is 21.2 Å². The van der Waals surface area contributed by atoms with Gasteiger partial charge in [0.2, 0.25) is 0 Å². The molecule has 1 heterocycles. The summed E-state index contributed by atoms with van der Waals surface area (Å²) in [6.45, 7) is 1.94. The number of aryl methyl sites for hydroxylation is 1. The summed E-state index contributed by atoms with van der Waals surface area (Å²) >= 11 is 1.22. The highest BCUT2D eigenvalue weighted by atomic mass is 32.2. The summed E-state index contributed by atoms with van der Waals surface area (Å²) in [5, 5.41) is 2.10. The standard InChI is InChI=1S/C13H14N2O4S2/c1-3-10-8-20-13(14-10)15-21(17,18)11-6-4-5-9(7-11)12(16)19-2/h4-8H,3H2,1-2H3,(H,14,15). The lowest BCUT2D eigenvalue weighted by molar-refractivity contribution is 0.0600. The number of aromatic nitrogens is 1. The predicted octanol–water partition coefficient (Wildman–Crippen LogP) is 2.29. The van der Waals surface area contributed by atoms with Crippen molar-refractivity contribution < 1.29 is 17.9 Å². The van der Waals surface area contributed by atoms with Crippen LogP contribution in [0, 0.1) is 0 Å². The molecule has 8 heteroatoms. The van der Waals surface area contributed by atoms with Crippen LogP contribution in [0.1, 0.15) is 23.0 Å². The minimum absolute atomic E-state index is 0.0151. The van der Waals surface area contributed by atoms with Gasteiger partial charge in [-0.25, -0.2) is 18.2 Å². The second-order valence-corrected chi connectivity index (χ2v) is 6.66. The topological polar surface area (TPSA) is 85.4 Å². The summed E-state index contributed by atoms with van der Waals surface area (Å²) in [7, 11) is -2.54. The summed E-state index contributed by atoms with van der Waals surface area (Å²) < 4.78 is 31.5. The lowest BCUT2D eigenvalue weighted by Crippen LogP contribution is -2.14. The lowest BCUT2D eigenvalue weighted by atomic mass is 10.2. The maximum Gasteiger partial charge on any atom is 0.337 e. The van der Waals surface area contributed by atoms with Gasteiger partial charge < -0.3 is 4.74 Å². The number of rotatable bonds is 5. The average Bonchev–Trinajstić information content (AvgIpc) is 2.93. The number of esters is 1. The van der Waals surface area contributed by atoms with E-state index in [2.05, 4.69) is 14.4 Å². The van der Waals surface area contributed by atoms with Gasteiger partial charge in [0.1, 0.15) is 0 Å². The molecule has 0 atom stereocenters. The fraction of sp³-hybridized carbons (Fsp3) is 0.231. The van der Waals surface area contributed by atoms with Gasteiger partial charge in [0, 0.05) is 5.38 Å². The fourth-order valence-electron chi connectivity index (χ4n) is 1.60. The third-order valence-corrected chi connectivity index (χ3v) is 4.97. The molecule has 0 saturated carbocycles. The number of anilines is 1. The van der Waals surface area contributed by atoms with Gasteiger partial charge >= 0.3 is 5.97 Å². The van der Waals surface area contributed by atoms with Crippen molar-refractivity contribution >= 4 is 32.5 Å². The maximum absolute atomic E-state index is 12.3. The van der Waals surface area contributed by atoms with Crippen LogP contribution in [0.15, 0.2) is 34.5 Å². The number of hydrogen-bond acceptors (Lipinski definition) is 6. The number of ether oxygens (including phenoxy) is 1. The predicted molar refractivity (Wildman–Crippen MR) is 80.1 cm³/mol. The second-order valence-electron chi connectivity index (χ2n) is 4.12. The molecule has 0 bridgehead atoms. The number of carbonyl (C=O) groups excluding carboxylic acids is 1. The fourth-order valence-corrected chi connectivity index (χ4v) is 3.69. The Balaban J connectivity index is 2.29. The molecule has 0 amide bonds. The lowest BCUT2D eigenvalue weighted by Gasteiger charge is -2.06. The summed E-state index contributed by atoms with van der Waals surface area (Å²) in [6.07, 6.45) is 0.732. The number of benzene rings is 1. The average molecular weight is 326 g/mol. The van der Waals surface area contributed by atoms with Crippen molar-refractivity contribution in [2.45, 2.75) is 18.2 Å². The van der Waals surface area contributed by atoms with Gasteiger partial charge in [-0.1, -0.05) is 13.0 Å². The number of thiazole rings is 1. The summed E-state index contributed by atoms with van der Waals surface area (Å²) in [4.78, 5) is 15.6. The Morgan fingerprint density at radius 1 is 1.43 bits per heavy atom. The van der Waals surface area contributed by atoms with Gasteiger partial charge in [-0.2, -0.15) is 0 Å². The summed E-state index contributed by atoms with van der Waals surface area (Å²) in [5.41, 5.74) is 0.995. The Morgan fingerprint density at radius 3 is 2.81 bits per heavy atom. The normalized spacial score (nSPS) is 11.1. The van der Waals surface area contributed by atoms with E-state index in [9.17, 15) is 13.2 Å². The Bertz CT molecular complexity index is 753. The van der Waals surface area contributed by atoms with E-state index in [1.54, 1.807) is 5.38 Å².